The summed E-state index contributed by atoms with van der Waals surface area (Å²) in [7, 11) is 0. The van der Waals surface area contributed by atoms with Gasteiger partial charge in [0.1, 0.15) is 0 Å². The monoisotopic (exact) mass is 262 g/mol. The number of aliphatic carboxylic acids is 1. The number of nitrogens with two attached hydrogens (primary N) is 1. The van der Waals surface area contributed by atoms with Crippen LogP contribution in [0.4, 0.5) is 0 Å². The summed E-state index contributed by atoms with van der Waals surface area (Å²) in [5.74, 6) is -1.86. The third-order valence-corrected chi connectivity index (χ3v) is 3.35. The summed E-state index contributed by atoms with van der Waals surface area (Å²) in [6, 6.07) is 9.63. The second-order valence-electron chi connectivity index (χ2n) is 4.82. The molecule has 2 atom stereocenters. The third-order valence-electron chi connectivity index (χ3n) is 3.35. The predicted octanol–water partition coefficient (Wildman–Crippen LogP) is 0.695. The Morgan fingerprint density at radius 3 is 2.47 bits per heavy atom. The molecule has 0 heterocycles. The molecule has 3 N–H and O–H groups in total. The number of carbonyl (C=O) groups excluding carboxylic acids is 1. The average Bonchev–Trinajstić information content (AvgIpc) is 3.19. The number of benzene rings is 1. The van der Waals surface area contributed by atoms with Crippen LogP contribution >= 0.6 is 0 Å². The molecule has 5 nitrogen and oxygen atoms in total. The SMILES string of the molecule is NCCN(Cc1ccccc1)C(=O)[C@@H]1C[C@H]1C(=O)O. The van der Waals surface area contributed by atoms with Gasteiger partial charge < -0.3 is 15.7 Å². The Hall–Kier alpha value is -1.88. The fourth-order valence-corrected chi connectivity index (χ4v) is 2.20. The number of rotatable bonds is 6. The van der Waals surface area contributed by atoms with Crippen LogP contribution in [0.1, 0.15) is 12.0 Å². The average molecular weight is 262 g/mol. The predicted molar refractivity (Wildman–Crippen MR) is 70.1 cm³/mol. The quantitative estimate of drug-likeness (QED) is 0.790. The molecule has 19 heavy (non-hydrogen) atoms. The minimum atomic E-state index is -0.884. The van der Waals surface area contributed by atoms with Gasteiger partial charge in [0.05, 0.1) is 11.8 Å². The summed E-state index contributed by atoms with van der Waals surface area (Å²) in [6.07, 6.45) is 0.448. The molecule has 0 radical (unpaired) electrons. The fraction of sp³-hybridized carbons (Fsp3) is 0.429. The number of hydrogen-bond acceptors (Lipinski definition) is 3. The van der Waals surface area contributed by atoms with Crippen LogP contribution in [0.2, 0.25) is 0 Å². The lowest BCUT2D eigenvalue weighted by Crippen LogP contribution is -2.36. The first-order valence-electron chi connectivity index (χ1n) is 6.39. The summed E-state index contributed by atoms with van der Waals surface area (Å²) in [5.41, 5.74) is 6.55. The maximum atomic E-state index is 12.2. The van der Waals surface area contributed by atoms with Crippen molar-refractivity contribution in [2.45, 2.75) is 13.0 Å². The highest BCUT2D eigenvalue weighted by molar-refractivity contribution is 5.89. The van der Waals surface area contributed by atoms with E-state index in [2.05, 4.69) is 0 Å². The minimum Gasteiger partial charge on any atom is -0.481 e. The van der Waals surface area contributed by atoms with Crippen LogP contribution in [-0.2, 0) is 16.1 Å². The van der Waals surface area contributed by atoms with E-state index in [1.54, 1.807) is 4.90 Å². The van der Waals surface area contributed by atoms with Crippen molar-refractivity contribution in [2.75, 3.05) is 13.1 Å². The van der Waals surface area contributed by atoms with Crippen molar-refractivity contribution in [1.29, 1.82) is 0 Å². The van der Waals surface area contributed by atoms with Crippen LogP contribution in [0.25, 0.3) is 0 Å². The first kappa shape index (κ1) is 13.5. The van der Waals surface area contributed by atoms with Gasteiger partial charge in [-0.15, -0.1) is 0 Å². The van der Waals surface area contributed by atoms with Gasteiger partial charge in [0, 0.05) is 19.6 Å². The van der Waals surface area contributed by atoms with Gasteiger partial charge in [0.25, 0.3) is 0 Å². The molecule has 0 spiro atoms. The molecule has 1 aliphatic rings. The Morgan fingerprint density at radius 2 is 1.95 bits per heavy atom. The summed E-state index contributed by atoms with van der Waals surface area (Å²) in [5, 5.41) is 8.88. The normalized spacial score (nSPS) is 20.9. The molecule has 1 aromatic rings. The van der Waals surface area contributed by atoms with Crippen molar-refractivity contribution in [3.63, 3.8) is 0 Å². The maximum Gasteiger partial charge on any atom is 0.307 e. The van der Waals surface area contributed by atoms with Gasteiger partial charge in [-0.3, -0.25) is 9.59 Å². The highest BCUT2D eigenvalue weighted by Gasteiger charge is 2.49. The molecule has 1 amide bonds. The van der Waals surface area contributed by atoms with Crippen LogP contribution in [0.15, 0.2) is 30.3 Å². The van der Waals surface area contributed by atoms with E-state index in [1.807, 2.05) is 30.3 Å². The Labute approximate surface area is 112 Å². The van der Waals surface area contributed by atoms with Crippen LogP contribution in [0.5, 0.6) is 0 Å². The number of carboxylic acids is 1. The van der Waals surface area contributed by atoms with E-state index in [9.17, 15) is 9.59 Å². The minimum absolute atomic E-state index is 0.0956. The molecule has 1 aliphatic carbocycles. The van der Waals surface area contributed by atoms with E-state index >= 15 is 0 Å². The topological polar surface area (TPSA) is 83.6 Å². The van der Waals surface area contributed by atoms with Crippen molar-refractivity contribution >= 4 is 11.9 Å². The zero-order valence-electron chi connectivity index (χ0n) is 10.7. The third kappa shape index (κ3) is 3.32. The lowest BCUT2D eigenvalue weighted by atomic mass is 10.2. The Bertz CT molecular complexity index is 461. The first-order valence-corrected chi connectivity index (χ1v) is 6.39. The highest BCUT2D eigenvalue weighted by Crippen LogP contribution is 2.40. The molecular formula is C14H18N2O3. The number of carboxylic acid groups (broad SMARTS) is 1. The highest BCUT2D eigenvalue weighted by atomic mass is 16.4. The molecule has 0 aromatic heterocycles. The molecule has 1 aromatic carbocycles. The molecule has 1 fully saturated rings. The molecular weight excluding hydrogens is 244 g/mol. The smallest absolute Gasteiger partial charge is 0.307 e. The zero-order chi connectivity index (χ0) is 13.8. The molecule has 0 aliphatic heterocycles. The molecule has 0 bridgehead atoms. The summed E-state index contributed by atoms with van der Waals surface area (Å²) >= 11 is 0. The van der Waals surface area contributed by atoms with Gasteiger partial charge in [-0.1, -0.05) is 30.3 Å². The standard InChI is InChI=1S/C14H18N2O3/c15-6-7-16(9-10-4-2-1-3-5-10)13(17)11-8-12(11)14(18)19/h1-5,11-12H,6-9,15H2,(H,18,19)/t11-,12-/m1/s1. The van der Waals surface area contributed by atoms with Crippen molar-refractivity contribution < 1.29 is 14.7 Å². The van der Waals surface area contributed by atoms with E-state index in [0.717, 1.165) is 5.56 Å². The van der Waals surface area contributed by atoms with Gasteiger partial charge in [0.2, 0.25) is 5.91 Å². The molecule has 1 saturated carbocycles. The van der Waals surface area contributed by atoms with Crippen molar-refractivity contribution in [3.8, 4) is 0 Å². The number of amides is 1. The van der Waals surface area contributed by atoms with Crippen molar-refractivity contribution in [3.05, 3.63) is 35.9 Å². The van der Waals surface area contributed by atoms with Crippen LogP contribution in [0, 0.1) is 11.8 Å². The molecule has 2 rings (SSSR count). The maximum absolute atomic E-state index is 12.2. The Morgan fingerprint density at radius 1 is 1.26 bits per heavy atom. The molecule has 0 saturated heterocycles. The molecule has 0 unspecified atom stereocenters. The van der Waals surface area contributed by atoms with Crippen molar-refractivity contribution in [1.82, 2.24) is 4.90 Å². The van der Waals surface area contributed by atoms with Gasteiger partial charge in [0.15, 0.2) is 0 Å². The largest absolute Gasteiger partial charge is 0.481 e. The van der Waals surface area contributed by atoms with E-state index in [0.29, 0.717) is 26.1 Å². The van der Waals surface area contributed by atoms with Gasteiger partial charge >= 0.3 is 5.97 Å². The number of hydrogen-bond donors (Lipinski definition) is 2. The molecule has 102 valence electrons. The first-order chi connectivity index (χ1) is 9.13. The summed E-state index contributed by atoms with van der Waals surface area (Å²) < 4.78 is 0. The second kappa shape index (κ2) is 5.84. The summed E-state index contributed by atoms with van der Waals surface area (Å²) in [6.45, 7) is 1.32. The number of carbonyl (C=O) groups is 2. The van der Waals surface area contributed by atoms with Gasteiger partial charge in [-0.25, -0.2) is 0 Å². The fourth-order valence-electron chi connectivity index (χ4n) is 2.20. The Balaban J connectivity index is 2.00. The van der Waals surface area contributed by atoms with Crippen LogP contribution < -0.4 is 5.73 Å². The van der Waals surface area contributed by atoms with Crippen LogP contribution in [0.3, 0.4) is 0 Å². The Kier molecular flexibility index (Phi) is 4.16. The number of nitrogens with zero attached hydrogens (tertiary/aromatic N) is 1. The van der Waals surface area contributed by atoms with E-state index in [4.69, 9.17) is 10.8 Å². The zero-order valence-corrected chi connectivity index (χ0v) is 10.7. The second-order valence-corrected chi connectivity index (χ2v) is 4.82. The van der Waals surface area contributed by atoms with E-state index in [-0.39, 0.29) is 11.8 Å². The van der Waals surface area contributed by atoms with Gasteiger partial charge in [-0.2, -0.15) is 0 Å². The molecule has 5 heteroatoms. The van der Waals surface area contributed by atoms with Gasteiger partial charge in [-0.05, 0) is 12.0 Å². The van der Waals surface area contributed by atoms with Crippen molar-refractivity contribution in [2.24, 2.45) is 17.6 Å². The van der Waals surface area contributed by atoms with E-state index in [1.165, 1.54) is 0 Å². The lowest BCUT2D eigenvalue weighted by molar-refractivity contribution is -0.142. The summed E-state index contributed by atoms with van der Waals surface area (Å²) in [4.78, 5) is 24.7. The van der Waals surface area contributed by atoms with Crippen LogP contribution in [-0.4, -0.2) is 35.0 Å². The van der Waals surface area contributed by atoms with E-state index < -0.39 is 11.9 Å². The lowest BCUT2D eigenvalue weighted by Gasteiger charge is -2.22.